The summed E-state index contributed by atoms with van der Waals surface area (Å²) in [6.07, 6.45) is 2.34. The van der Waals surface area contributed by atoms with E-state index in [0.717, 1.165) is 35.6 Å². The van der Waals surface area contributed by atoms with Gasteiger partial charge >= 0.3 is 0 Å². The van der Waals surface area contributed by atoms with Crippen molar-refractivity contribution in [3.8, 4) is 5.69 Å². The van der Waals surface area contributed by atoms with Crippen LogP contribution in [0.25, 0.3) is 5.69 Å². The van der Waals surface area contributed by atoms with E-state index in [-0.39, 0.29) is 5.91 Å². The fourth-order valence-electron chi connectivity index (χ4n) is 3.21. The lowest BCUT2D eigenvalue weighted by atomic mass is 10.2. The van der Waals surface area contributed by atoms with Crippen LogP contribution in [0.5, 0.6) is 0 Å². The van der Waals surface area contributed by atoms with E-state index < -0.39 is 0 Å². The summed E-state index contributed by atoms with van der Waals surface area (Å²) in [5.74, 6) is 0.0176. The van der Waals surface area contributed by atoms with Crippen LogP contribution < -0.4 is 10.6 Å². The third-order valence-corrected chi connectivity index (χ3v) is 4.36. The van der Waals surface area contributed by atoms with Crippen LogP contribution in [0, 0.1) is 13.8 Å². The monoisotopic (exact) mass is 297 g/mol. The molecule has 1 unspecified atom stereocenters. The minimum absolute atomic E-state index is 0.0176. The van der Waals surface area contributed by atoms with Gasteiger partial charge in [-0.2, -0.15) is 0 Å². The maximum Gasteiger partial charge on any atom is 0.253 e. The zero-order valence-corrected chi connectivity index (χ0v) is 13.2. The molecule has 1 aromatic heterocycles. The summed E-state index contributed by atoms with van der Waals surface area (Å²) in [5.41, 5.74) is 3.92. The molecular weight excluding hydrogens is 274 g/mol. The van der Waals surface area contributed by atoms with E-state index in [1.54, 1.807) is 0 Å². The topological polar surface area (TPSA) is 46.1 Å². The SMILES string of the molecule is Cc1cc(C(=O)NCC2CCCN2)c(C)n1-c1ccccc1. The van der Waals surface area contributed by atoms with Crippen molar-refractivity contribution < 1.29 is 4.79 Å². The van der Waals surface area contributed by atoms with E-state index in [4.69, 9.17) is 0 Å². The molecule has 0 aliphatic carbocycles. The minimum Gasteiger partial charge on any atom is -0.350 e. The Kier molecular flexibility index (Phi) is 4.29. The lowest BCUT2D eigenvalue weighted by molar-refractivity contribution is 0.0949. The molecule has 2 N–H and O–H groups in total. The zero-order chi connectivity index (χ0) is 15.5. The number of nitrogens with zero attached hydrogens (tertiary/aromatic N) is 1. The molecule has 0 bridgehead atoms. The summed E-state index contributed by atoms with van der Waals surface area (Å²) in [6.45, 7) is 5.80. The van der Waals surface area contributed by atoms with Crippen molar-refractivity contribution in [3.63, 3.8) is 0 Å². The summed E-state index contributed by atoms with van der Waals surface area (Å²) in [6, 6.07) is 12.5. The van der Waals surface area contributed by atoms with Crippen LogP contribution in [0.4, 0.5) is 0 Å². The molecule has 0 spiro atoms. The van der Waals surface area contributed by atoms with Crippen molar-refractivity contribution in [1.29, 1.82) is 0 Å². The van der Waals surface area contributed by atoms with Gasteiger partial charge in [0.1, 0.15) is 0 Å². The Labute approximate surface area is 131 Å². The van der Waals surface area contributed by atoms with Crippen LogP contribution in [0.15, 0.2) is 36.4 Å². The highest BCUT2D eigenvalue weighted by atomic mass is 16.1. The van der Waals surface area contributed by atoms with Crippen LogP contribution in [0.2, 0.25) is 0 Å². The van der Waals surface area contributed by atoms with Crippen molar-refractivity contribution in [2.45, 2.75) is 32.7 Å². The second-order valence-corrected chi connectivity index (χ2v) is 5.96. The number of para-hydroxylation sites is 1. The van der Waals surface area contributed by atoms with Gasteiger partial charge < -0.3 is 15.2 Å². The van der Waals surface area contributed by atoms with Gasteiger partial charge in [0.05, 0.1) is 5.56 Å². The Bertz CT molecular complexity index is 654. The Hall–Kier alpha value is -2.07. The van der Waals surface area contributed by atoms with Gasteiger partial charge in [0, 0.05) is 29.7 Å². The molecule has 4 nitrogen and oxygen atoms in total. The Morgan fingerprint density at radius 1 is 1.32 bits per heavy atom. The molecule has 1 saturated heterocycles. The van der Waals surface area contributed by atoms with Gasteiger partial charge in [0.25, 0.3) is 5.91 Å². The molecule has 0 radical (unpaired) electrons. The lowest BCUT2D eigenvalue weighted by Gasteiger charge is -2.12. The summed E-state index contributed by atoms with van der Waals surface area (Å²) in [5, 5.41) is 6.46. The molecule has 2 heterocycles. The predicted molar refractivity (Wildman–Crippen MR) is 88.6 cm³/mol. The number of benzene rings is 1. The van der Waals surface area contributed by atoms with E-state index >= 15 is 0 Å². The Balaban J connectivity index is 1.78. The molecule has 1 amide bonds. The first kappa shape index (κ1) is 14.9. The fraction of sp³-hybridized carbons (Fsp3) is 0.389. The van der Waals surface area contributed by atoms with Crippen molar-refractivity contribution in [1.82, 2.24) is 15.2 Å². The number of carbonyl (C=O) groups excluding carboxylic acids is 1. The molecule has 1 aromatic carbocycles. The molecule has 1 aliphatic heterocycles. The molecule has 1 atom stereocenters. The van der Waals surface area contributed by atoms with E-state index in [0.29, 0.717) is 12.6 Å². The number of amides is 1. The summed E-state index contributed by atoms with van der Waals surface area (Å²) in [7, 11) is 0. The van der Waals surface area contributed by atoms with Gasteiger partial charge in [-0.1, -0.05) is 18.2 Å². The number of carbonyl (C=O) groups is 1. The van der Waals surface area contributed by atoms with Gasteiger partial charge in [-0.3, -0.25) is 4.79 Å². The van der Waals surface area contributed by atoms with E-state index in [9.17, 15) is 4.79 Å². The molecule has 4 heteroatoms. The van der Waals surface area contributed by atoms with Crippen molar-refractivity contribution in [2.75, 3.05) is 13.1 Å². The molecule has 1 aliphatic rings. The number of aromatic nitrogens is 1. The smallest absolute Gasteiger partial charge is 0.253 e. The standard InChI is InChI=1S/C18H23N3O/c1-13-11-17(18(22)20-12-15-7-6-10-19-15)14(2)21(13)16-8-4-3-5-9-16/h3-5,8-9,11,15,19H,6-7,10,12H2,1-2H3,(H,20,22). The van der Waals surface area contributed by atoms with Crippen molar-refractivity contribution in [3.05, 3.63) is 53.3 Å². The van der Waals surface area contributed by atoms with Gasteiger partial charge in [-0.15, -0.1) is 0 Å². The first-order valence-corrected chi connectivity index (χ1v) is 7.93. The van der Waals surface area contributed by atoms with E-state index in [2.05, 4.69) is 27.3 Å². The van der Waals surface area contributed by atoms with Crippen LogP contribution in [0.1, 0.15) is 34.6 Å². The number of nitrogens with one attached hydrogen (secondary N) is 2. The quantitative estimate of drug-likeness (QED) is 0.911. The summed E-state index contributed by atoms with van der Waals surface area (Å²) in [4.78, 5) is 12.5. The first-order chi connectivity index (χ1) is 10.7. The summed E-state index contributed by atoms with van der Waals surface area (Å²) < 4.78 is 2.13. The highest BCUT2D eigenvalue weighted by molar-refractivity contribution is 5.95. The van der Waals surface area contributed by atoms with Gasteiger partial charge in [-0.25, -0.2) is 0 Å². The van der Waals surface area contributed by atoms with E-state index in [1.165, 1.54) is 6.42 Å². The van der Waals surface area contributed by atoms with Crippen LogP contribution in [0.3, 0.4) is 0 Å². The second-order valence-electron chi connectivity index (χ2n) is 5.96. The minimum atomic E-state index is 0.0176. The Morgan fingerprint density at radius 2 is 2.09 bits per heavy atom. The number of hydrogen-bond donors (Lipinski definition) is 2. The average molecular weight is 297 g/mol. The maximum absolute atomic E-state index is 12.5. The molecule has 1 fully saturated rings. The van der Waals surface area contributed by atoms with Crippen LogP contribution in [-0.4, -0.2) is 29.6 Å². The normalized spacial score (nSPS) is 17.6. The summed E-state index contributed by atoms with van der Waals surface area (Å²) >= 11 is 0. The number of hydrogen-bond acceptors (Lipinski definition) is 2. The predicted octanol–water partition coefficient (Wildman–Crippen LogP) is 2.58. The third-order valence-electron chi connectivity index (χ3n) is 4.36. The van der Waals surface area contributed by atoms with Gasteiger partial charge in [-0.05, 0) is 51.4 Å². The maximum atomic E-state index is 12.5. The molecule has 3 rings (SSSR count). The molecule has 22 heavy (non-hydrogen) atoms. The number of rotatable bonds is 4. The van der Waals surface area contributed by atoms with Crippen LogP contribution in [-0.2, 0) is 0 Å². The average Bonchev–Trinajstić information content (AvgIpc) is 3.14. The highest BCUT2D eigenvalue weighted by Crippen LogP contribution is 2.20. The number of aryl methyl sites for hydroxylation is 1. The van der Waals surface area contributed by atoms with Gasteiger partial charge in [0.15, 0.2) is 0 Å². The molecule has 116 valence electrons. The molecular formula is C18H23N3O. The lowest BCUT2D eigenvalue weighted by Crippen LogP contribution is -2.37. The van der Waals surface area contributed by atoms with Crippen molar-refractivity contribution in [2.24, 2.45) is 0 Å². The molecule has 0 saturated carbocycles. The van der Waals surface area contributed by atoms with Crippen molar-refractivity contribution >= 4 is 5.91 Å². The van der Waals surface area contributed by atoms with Gasteiger partial charge in [0.2, 0.25) is 0 Å². The highest BCUT2D eigenvalue weighted by Gasteiger charge is 2.19. The fourth-order valence-corrected chi connectivity index (χ4v) is 3.21. The van der Waals surface area contributed by atoms with E-state index in [1.807, 2.05) is 38.1 Å². The first-order valence-electron chi connectivity index (χ1n) is 7.93. The Morgan fingerprint density at radius 3 is 2.77 bits per heavy atom. The molecule has 2 aromatic rings. The zero-order valence-electron chi connectivity index (χ0n) is 13.2. The third kappa shape index (κ3) is 2.92. The largest absolute Gasteiger partial charge is 0.350 e. The van der Waals surface area contributed by atoms with Crippen LogP contribution >= 0.6 is 0 Å². The second kappa shape index (κ2) is 6.36.